The van der Waals surface area contributed by atoms with Gasteiger partial charge >= 0.3 is 0 Å². The van der Waals surface area contributed by atoms with E-state index < -0.39 is 0 Å². The molecule has 1 aliphatic rings. The molecule has 0 saturated carbocycles. The summed E-state index contributed by atoms with van der Waals surface area (Å²) < 4.78 is 5.41. The Balaban J connectivity index is 2.37. The predicted molar refractivity (Wildman–Crippen MR) is 56.3 cm³/mol. The molecule has 1 aromatic heterocycles. The van der Waals surface area contributed by atoms with Gasteiger partial charge in [-0.05, 0) is 26.0 Å². The van der Waals surface area contributed by atoms with E-state index >= 15 is 0 Å². The van der Waals surface area contributed by atoms with Crippen molar-refractivity contribution in [2.75, 3.05) is 6.61 Å². The first-order valence-electron chi connectivity index (χ1n) is 4.95. The number of nitrogens with zero attached hydrogens (tertiary/aromatic N) is 1. The molecule has 0 spiro atoms. The van der Waals surface area contributed by atoms with Gasteiger partial charge in [-0.3, -0.25) is 9.78 Å². The SMILES string of the molecule is CC(=O)C1=C(C)OC[C@H]1c1ccccn1. The smallest absolute Gasteiger partial charge is 0.159 e. The lowest BCUT2D eigenvalue weighted by molar-refractivity contribution is -0.113. The number of rotatable bonds is 2. The van der Waals surface area contributed by atoms with Crippen molar-refractivity contribution in [2.45, 2.75) is 19.8 Å². The van der Waals surface area contributed by atoms with Crippen molar-refractivity contribution in [3.63, 3.8) is 0 Å². The quantitative estimate of drug-likeness (QED) is 0.738. The average molecular weight is 203 g/mol. The van der Waals surface area contributed by atoms with Crippen LogP contribution >= 0.6 is 0 Å². The molecule has 0 radical (unpaired) electrons. The molecule has 0 N–H and O–H groups in total. The number of pyridine rings is 1. The molecule has 2 heterocycles. The minimum Gasteiger partial charge on any atom is -0.497 e. The lowest BCUT2D eigenvalue weighted by Crippen LogP contribution is -2.09. The lowest BCUT2D eigenvalue weighted by Gasteiger charge is -2.09. The standard InChI is InChI=1S/C12H13NO2/c1-8(14)12-9(2)15-7-10(12)11-5-3-4-6-13-11/h3-6,10H,7H2,1-2H3/t10-/m0/s1. The van der Waals surface area contributed by atoms with Gasteiger partial charge in [0.25, 0.3) is 0 Å². The van der Waals surface area contributed by atoms with Gasteiger partial charge in [-0.15, -0.1) is 0 Å². The first-order chi connectivity index (χ1) is 7.20. The number of Topliss-reactive ketones (excluding diaryl/α,β-unsaturated/α-hetero) is 1. The van der Waals surface area contributed by atoms with Crippen molar-refractivity contribution < 1.29 is 9.53 Å². The van der Waals surface area contributed by atoms with Crippen LogP contribution in [-0.2, 0) is 9.53 Å². The van der Waals surface area contributed by atoms with Crippen LogP contribution in [0.2, 0.25) is 0 Å². The van der Waals surface area contributed by atoms with Crippen LogP contribution in [0.4, 0.5) is 0 Å². The molecule has 15 heavy (non-hydrogen) atoms. The number of hydrogen-bond acceptors (Lipinski definition) is 3. The van der Waals surface area contributed by atoms with Gasteiger partial charge < -0.3 is 4.74 Å². The molecule has 78 valence electrons. The molecule has 0 unspecified atom stereocenters. The maximum Gasteiger partial charge on any atom is 0.159 e. The molecule has 0 aliphatic carbocycles. The minimum atomic E-state index is 0.00343. The highest BCUT2D eigenvalue weighted by molar-refractivity contribution is 5.95. The Kier molecular flexibility index (Phi) is 2.54. The van der Waals surface area contributed by atoms with Crippen LogP contribution in [0.25, 0.3) is 0 Å². The maximum atomic E-state index is 11.5. The predicted octanol–water partition coefficient (Wildman–Crippen LogP) is 2.06. The fraction of sp³-hybridized carbons (Fsp3) is 0.333. The Bertz CT molecular complexity index is 409. The van der Waals surface area contributed by atoms with Gasteiger partial charge in [-0.25, -0.2) is 0 Å². The van der Waals surface area contributed by atoms with Crippen molar-refractivity contribution in [1.29, 1.82) is 0 Å². The van der Waals surface area contributed by atoms with E-state index in [1.165, 1.54) is 0 Å². The molecule has 0 saturated heterocycles. The number of aromatic nitrogens is 1. The van der Waals surface area contributed by atoms with Gasteiger partial charge in [0.05, 0.1) is 11.6 Å². The van der Waals surface area contributed by atoms with Gasteiger partial charge in [0.1, 0.15) is 12.4 Å². The highest BCUT2D eigenvalue weighted by Crippen LogP contribution is 2.32. The van der Waals surface area contributed by atoms with Crippen molar-refractivity contribution in [3.05, 3.63) is 41.4 Å². The second kappa shape index (κ2) is 3.85. The molecule has 1 aliphatic heterocycles. The van der Waals surface area contributed by atoms with E-state index in [4.69, 9.17) is 4.74 Å². The Morgan fingerprint density at radius 3 is 2.93 bits per heavy atom. The van der Waals surface area contributed by atoms with Crippen LogP contribution in [0.5, 0.6) is 0 Å². The highest BCUT2D eigenvalue weighted by atomic mass is 16.5. The molecule has 3 nitrogen and oxygen atoms in total. The van der Waals surface area contributed by atoms with Crippen molar-refractivity contribution in [1.82, 2.24) is 4.98 Å². The molecule has 1 aromatic rings. The molecular weight excluding hydrogens is 190 g/mol. The normalized spacial score (nSPS) is 20.3. The summed E-state index contributed by atoms with van der Waals surface area (Å²) in [5.74, 6) is 0.808. The summed E-state index contributed by atoms with van der Waals surface area (Å²) in [6, 6.07) is 5.71. The van der Waals surface area contributed by atoms with E-state index in [9.17, 15) is 4.79 Å². The number of carbonyl (C=O) groups is 1. The zero-order valence-electron chi connectivity index (χ0n) is 8.86. The van der Waals surface area contributed by atoms with E-state index in [0.717, 1.165) is 17.0 Å². The van der Waals surface area contributed by atoms with E-state index in [2.05, 4.69) is 4.98 Å². The monoisotopic (exact) mass is 203 g/mol. The Hall–Kier alpha value is -1.64. The maximum absolute atomic E-state index is 11.5. The summed E-state index contributed by atoms with van der Waals surface area (Å²) in [6.07, 6.45) is 1.74. The fourth-order valence-corrected chi connectivity index (χ4v) is 1.92. The average Bonchev–Trinajstić information content (AvgIpc) is 2.61. The van der Waals surface area contributed by atoms with Crippen molar-refractivity contribution >= 4 is 5.78 Å². The summed E-state index contributed by atoms with van der Waals surface area (Å²) >= 11 is 0. The Morgan fingerprint density at radius 1 is 1.53 bits per heavy atom. The summed E-state index contributed by atoms with van der Waals surface area (Å²) in [7, 11) is 0. The summed E-state index contributed by atoms with van der Waals surface area (Å²) in [5, 5.41) is 0. The van der Waals surface area contributed by atoms with Gasteiger partial charge in [0.15, 0.2) is 5.78 Å². The Labute approximate surface area is 88.8 Å². The number of ether oxygens (including phenoxy) is 1. The van der Waals surface area contributed by atoms with Crippen LogP contribution in [0, 0.1) is 0 Å². The summed E-state index contributed by atoms with van der Waals surface area (Å²) in [5.41, 5.74) is 1.66. The topological polar surface area (TPSA) is 39.2 Å². The fourth-order valence-electron chi connectivity index (χ4n) is 1.92. The van der Waals surface area contributed by atoms with Crippen LogP contribution in [0.3, 0.4) is 0 Å². The third-order valence-corrected chi connectivity index (χ3v) is 2.62. The molecule has 0 bridgehead atoms. The van der Waals surface area contributed by atoms with E-state index in [0.29, 0.717) is 6.61 Å². The third kappa shape index (κ3) is 1.77. The van der Waals surface area contributed by atoms with Gasteiger partial charge in [-0.1, -0.05) is 6.07 Å². The zero-order valence-corrected chi connectivity index (χ0v) is 8.86. The molecule has 1 atom stereocenters. The van der Waals surface area contributed by atoms with Gasteiger partial charge in [0, 0.05) is 11.8 Å². The van der Waals surface area contributed by atoms with Crippen molar-refractivity contribution in [3.8, 4) is 0 Å². The molecule has 0 fully saturated rings. The zero-order chi connectivity index (χ0) is 10.8. The summed E-state index contributed by atoms with van der Waals surface area (Å²) in [6.45, 7) is 3.93. The van der Waals surface area contributed by atoms with Gasteiger partial charge in [-0.2, -0.15) is 0 Å². The van der Waals surface area contributed by atoms with Crippen molar-refractivity contribution in [2.24, 2.45) is 0 Å². The molecule has 3 heteroatoms. The first-order valence-corrected chi connectivity index (χ1v) is 4.95. The molecule has 2 rings (SSSR count). The number of allylic oxidation sites excluding steroid dienone is 1. The third-order valence-electron chi connectivity index (χ3n) is 2.62. The highest BCUT2D eigenvalue weighted by Gasteiger charge is 2.30. The van der Waals surface area contributed by atoms with Gasteiger partial charge in [0.2, 0.25) is 0 Å². The number of ketones is 1. The first kappa shape index (κ1) is 9.90. The molecule has 0 aromatic carbocycles. The van der Waals surface area contributed by atoms with Crippen LogP contribution in [-0.4, -0.2) is 17.4 Å². The molecular formula is C12H13NO2. The largest absolute Gasteiger partial charge is 0.497 e. The summed E-state index contributed by atoms with van der Waals surface area (Å²) in [4.78, 5) is 15.7. The number of hydrogen-bond donors (Lipinski definition) is 0. The number of carbonyl (C=O) groups excluding carboxylic acids is 1. The van der Waals surface area contributed by atoms with E-state index in [1.807, 2.05) is 25.1 Å². The molecule has 0 amide bonds. The van der Waals surface area contributed by atoms with E-state index in [1.54, 1.807) is 13.1 Å². The second-order valence-corrected chi connectivity index (χ2v) is 3.64. The van der Waals surface area contributed by atoms with Crippen LogP contribution in [0.15, 0.2) is 35.7 Å². The Morgan fingerprint density at radius 2 is 2.33 bits per heavy atom. The second-order valence-electron chi connectivity index (χ2n) is 3.64. The minimum absolute atomic E-state index is 0.00343. The van der Waals surface area contributed by atoms with Crippen LogP contribution in [0.1, 0.15) is 25.5 Å². The van der Waals surface area contributed by atoms with Crippen LogP contribution < -0.4 is 0 Å². The van der Waals surface area contributed by atoms with E-state index in [-0.39, 0.29) is 11.7 Å². The lowest BCUT2D eigenvalue weighted by atomic mass is 9.94.